The van der Waals surface area contributed by atoms with Gasteiger partial charge in [0.2, 0.25) is 0 Å². The fourth-order valence-corrected chi connectivity index (χ4v) is 1.56. The average molecular weight is 270 g/mol. The number of rotatable bonds is 5. The van der Waals surface area contributed by atoms with Gasteiger partial charge in [0.25, 0.3) is 6.43 Å². The highest BCUT2D eigenvalue weighted by Crippen LogP contribution is 2.32. The number of methoxy groups -OCH3 is 1. The van der Waals surface area contributed by atoms with E-state index in [9.17, 15) is 13.6 Å². The molecular weight excluding hydrogens is 258 g/mol. The largest absolute Gasteiger partial charge is 0.494 e. The smallest absolute Gasteiger partial charge is 0.310 e. The third kappa shape index (κ3) is 3.37. The molecular formula is C12H12F2N2O3. The summed E-state index contributed by atoms with van der Waals surface area (Å²) in [5.41, 5.74) is -0.524. The van der Waals surface area contributed by atoms with Gasteiger partial charge in [0, 0.05) is 11.8 Å². The van der Waals surface area contributed by atoms with Crippen molar-refractivity contribution in [3.8, 4) is 11.8 Å². The second kappa shape index (κ2) is 6.64. The maximum atomic E-state index is 12.8. The summed E-state index contributed by atoms with van der Waals surface area (Å²) in [6, 6.07) is 1.79. The van der Waals surface area contributed by atoms with Crippen molar-refractivity contribution in [3.63, 3.8) is 0 Å². The minimum atomic E-state index is -2.86. The van der Waals surface area contributed by atoms with E-state index in [-0.39, 0.29) is 29.9 Å². The molecule has 0 unspecified atom stereocenters. The van der Waals surface area contributed by atoms with E-state index in [4.69, 9.17) is 14.7 Å². The van der Waals surface area contributed by atoms with Crippen LogP contribution in [0.5, 0.6) is 5.75 Å². The monoisotopic (exact) mass is 270 g/mol. The standard InChI is InChI=1S/C12H12F2N2O3/c1-3-19-9(17)4-8-7(5-15)6-16-10(12(13)14)11(8)18-2/h6,12H,3-4H2,1-2H3. The Bertz CT molecular complexity index is 512. The molecule has 0 saturated heterocycles. The molecule has 0 amide bonds. The molecule has 0 aliphatic heterocycles. The van der Waals surface area contributed by atoms with Crippen LogP contribution in [0.25, 0.3) is 0 Å². The van der Waals surface area contributed by atoms with Crippen molar-refractivity contribution in [1.29, 1.82) is 5.26 Å². The molecule has 0 spiro atoms. The van der Waals surface area contributed by atoms with Crippen LogP contribution in [0, 0.1) is 11.3 Å². The molecule has 19 heavy (non-hydrogen) atoms. The van der Waals surface area contributed by atoms with E-state index in [1.165, 1.54) is 7.11 Å². The Morgan fingerprint density at radius 2 is 2.26 bits per heavy atom. The number of carbonyl (C=O) groups excluding carboxylic acids is 1. The van der Waals surface area contributed by atoms with Gasteiger partial charge >= 0.3 is 5.97 Å². The van der Waals surface area contributed by atoms with Crippen molar-refractivity contribution < 1.29 is 23.0 Å². The lowest BCUT2D eigenvalue weighted by molar-refractivity contribution is -0.142. The zero-order valence-electron chi connectivity index (χ0n) is 10.4. The predicted molar refractivity (Wildman–Crippen MR) is 60.8 cm³/mol. The molecule has 7 heteroatoms. The second-order valence-electron chi connectivity index (χ2n) is 3.46. The number of pyridine rings is 1. The molecule has 0 saturated carbocycles. The summed E-state index contributed by atoms with van der Waals surface area (Å²) in [6.45, 7) is 1.79. The number of nitrogens with zero attached hydrogens (tertiary/aromatic N) is 2. The lowest BCUT2D eigenvalue weighted by atomic mass is 10.0. The molecule has 0 aliphatic rings. The predicted octanol–water partition coefficient (Wildman–Crippen LogP) is 2.01. The topological polar surface area (TPSA) is 72.2 Å². The summed E-state index contributed by atoms with van der Waals surface area (Å²) in [5, 5.41) is 8.93. The van der Waals surface area contributed by atoms with Crippen LogP contribution in [-0.2, 0) is 16.0 Å². The Hall–Kier alpha value is -2.23. The Balaban J connectivity index is 3.28. The number of aromatic nitrogens is 1. The van der Waals surface area contributed by atoms with Crippen molar-refractivity contribution in [1.82, 2.24) is 4.98 Å². The van der Waals surface area contributed by atoms with Gasteiger partial charge in [0.05, 0.1) is 25.7 Å². The molecule has 0 fully saturated rings. The van der Waals surface area contributed by atoms with Gasteiger partial charge in [0.1, 0.15) is 11.8 Å². The van der Waals surface area contributed by atoms with Gasteiger partial charge in [0.15, 0.2) is 5.75 Å². The molecule has 1 aromatic heterocycles. The van der Waals surface area contributed by atoms with Gasteiger partial charge < -0.3 is 9.47 Å². The van der Waals surface area contributed by atoms with Crippen LogP contribution >= 0.6 is 0 Å². The molecule has 0 aliphatic carbocycles. The van der Waals surface area contributed by atoms with Crippen molar-refractivity contribution in [3.05, 3.63) is 23.0 Å². The number of hydrogen-bond acceptors (Lipinski definition) is 5. The Labute approximate surface area is 108 Å². The summed E-state index contributed by atoms with van der Waals surface area (Å²) in [6.07, 6.45) is -2.18. The molecule has 0 N–H and O–H groups in total. The molecule has 102 valence electrons. The number of halogens is 2. The number of ether oxygens (including phenoxy) is 2. The van der Waals surface area contributed by atoms with Crippen molar-refractivity contribution in [2.45, 2.75) is 19.8 Å². The molecule has 0 bridgehead atoms. The minimum Gasteiger partial charge on any atom is -0.494 e. The second-order valence-corrected chi connectivity index (χ2v) is 3.46. The number of alkyl halides is 2. The van der Waals surface area contributed by atoms with E-state index in [1.807, 2.05) is 0 Å². The maximum Gasteiger partial charge on any atom is 0.310 e. The molecule has 5 nitrogen and oxygen atoms in total. The number of hydrogen-bond donors (Lipinski definition) is 0. The molecule has 1 heterocycles. The van der Waals surface area contributed by atoms with Crippen LogP contribution in [0.3, 0.4) is 0 Å². The first-order valence-corrected chi connectivity index (χ1v) is 5.44. The summed E-state index contributed by atoms with van der Waals surface area (Å²) < 4.78 is 35.1. The third-order valence-corrected chi connectivity index (χ3v) is 2.32. The fraction of sp³-hybridized carbons (Fsp3) is 0.417. The summed E-state index contributed by atoms with van der Waals surface area (Å²) >= 11 is 0. The third-order valence-electron chi connectivity index (χ3n) is 2.32. The summed E-state index contributed by atoms with van der Waals surface area (Å²) in [7, 11) is 1.18. The zero-order valence-corrected chi connectivity index (χ0v) is 10.4. The van der Waals surface area contributed by atoms with E-state index in [2.05, 4.69) is 4.98 Å². The quantitative estimate of drug-likeness (QED) is 0.765. The average Bonchev–Trinajstić information content (AvgIpc) is 2.38. The van der Waals surface area contributed by atoms with E-state index in [1.54, 1.807) is 13.0 Å². The van der Waals surface area contributed by atoms with Gasteiger partial charge in [-0.25, -0.2) is 13.8 Å². The zero-order chi connectivity index (χ0) is 14.4. The highest BCUT2D eigenvalue weighted by Gasteiger charge is 2.23. The highest BCUT2D eigenvalue weighted by molar-refractivity contribution is 5.75. The van der Waals surface area contributed by atoms with Crippen molar-refractivity contribution in [2.24, 2.45) is 0 Å². The SMILES string of the molecule is CCOC(=O)Cc1c(C#N)cnc(C(F)F)c1OC. The van der Waals surface area contributed by atoms with Crippen molar-refractivity contribution in [2.75, 3.05) is 13.7 Å². The summed E-state index contributed by atoms with van der Waals surface area (Å²) in [5.74, 6) is -0.870. The Kier molecular flexibility index (Phi) is 5.18. The normalized spacial score (nSPS) is 10.1. The molecule has 0 atom stereocenters. The van der Waals surface area contributed by atoms with Crippen molar-refractivity contribution >= 4 is 5.97 Å². The summed E-state index contributed by atoms with van der Waals surface area (Å²) in [4.78, 5) is 14.9. The number of nitriles is 1. The number of esters is 1. The van der Waals surface area contributed by atoms with E-state index < -0.39 is 18.1 Å². The van der Waals surface area contributed by atoms with Gasteiger partial charge in [-0.15, -0.1) is 0 Å². The van der Waals surface area contributed by atoms with Gasteiger partial charge in [-0.1, -0.05) is 0 Å². The first kappa shape index (κ1) is 14.8. The van der Waals surface area contributed by atoms with Crippen LogP contribution in [0.2, 0.25) is 0 Å². The first-order chi connectivity index (χ1) is 9.04. The minimum absolute atomic E-state index is 0.00861. The lowest BCUT2D eigenvalue weighted by Gasteiger charge is -2.13. The van der Waals surface area contributed by atoms with Crippen LogP contribution in [0.4, 0.5) is 8.78 Å². The van der Waals surface area contributed by atoms with Crippen LogP contribution < -0.4 is 4.74 Å². The first-order valence-electron chi connectivity index (χ1n) is 5.44. The van der Waals surface area contributed by atoms with Gasteiger partial charge in [-0.3, -0.25) is 4.79 Å². The highest BCUT2D eigenvalue weighted by atomic mass is 19.3. The molecule has 1 rings (SSSR count). The lowest BCUT2D eigenvalue weighted by Crippen LogP contribution is -2.12. The Morgan fingerprint density at radius 3 is 2.74 bits per heavy atom. The van der Waals surface area contributed by atoms with Gasteiger partial charge in [-0.2, -0.15) is 5.26 Å². The maximum absolute atomic E-state index is 12.8. The van der Waals surface area contributed by atoms with E-state index >= 15 is 0 Å². The molecule has 0 radical (unpaired) electrons. The van der Waals surface area contributed by atoms with Crippen LogP contribution in [0.15, 0.2) is 6.20 Å². The van der Waals surface area contributed by atoms with E-state index in [0.717, 1.165) is 6.20 Å². The van der Waals surface area contributed by atoms with Crippen LogP contribution in [-0.4, -0.2) is 24.7 Å². The fourth-order valence-electron chi connectivity index (χ4n) is 1.56. The van der Waals surface area contributed by atoms with Crippen LogP contribution in [0.1, 0.15) is 30.2 Å². The van der Waals surface area contributed by atoms with Gasteiger partial charge in [-0.05, 0) is 6.92 Å². The molecule has 1 aromatic rings. The Morgan fingerprint density at radius 1 is 1.58 bits per heavy atom. The molecule has 0 aromatic carbocycles. The van der Waals surface area contributed by atoms with E-state index in [0.29, 0.717) is 0 Å². The number of carbonyl (C=O) groups is 1.